The molecule has 1 heterocycles. The zero-order chi connectivity index (χ0) is 12.4. The Balaban J connectivity index is 2.48. The van der Waals surface area contributed by atoms with E-state index in [1.807, 2.05) is 50.3 Å². The van der Waals surface area contributed by atoms with Crippen LogP contribution in [0.3, 0.4) is 0 Å². The number of allylic oxidation sites excluding steroid dienone is 3. The first kappa shape index (κ1) is 11.6. The minimum absolute atomic E-state index is 0.0151. The van der Waals surface area contributed by atoms with Crippen molar-refractivity contribution in [2.75, 3.05) is 0 Å². The Hall–Kier alpha value is -1.83. The Morgan fingerprint density at radius 3 is 2.41 bits per heavy atom. The average molecular weight is 227 g/mol. The molecule has 1 unspecified atom stereocenters. The Labute approximate surface area is 102 Å². The lowest BCUT2D eigenvalue weighted by atomic mass is 9.89. The first-order valence-electron chi connectivity index (χ1n) is 5.81. The van der Waals surface area contributed by atoms with Crippen LogP contribution in [0.1, 0.15) is 32.4 Å². The molecule has 1 atom stereocenters. The van der Waals surface area contributed by atoms with Crippen LogP contribution in [-0.4, -0.2) is 5.78 Å². The molecule has 0 spiro atoms. The molecule has 0 aromatic heterocycles. The lowest BCUT2D eigenvalue weighted by Gasteiger charge is -2.27. The highest BCUT2D eigenvalue weighted by Crippen LogP contribution is 2.30. The van der Waals surface area contributed by atoms with Gasteiger partial charge >= 0.3 is 0 Å². The first-order chi connectivity index (χ1) is 8.09. The molecule has 0 bridgehead atoms. The normalized spacial score (nSPS) is 19.7. The molecule has 17 heavy (non-hydrogen) atoms. The van der Waals surface area contributed by atoms with Crippen molar-refractivity contribution >= 4 is 5.78 Å². The van der Waals surface area contributed by atoms with Crippen LogP contribution in [-0.2, 0) is 4.79 Å². The molecule has 1 aromatic carbocycles. The topological polar surface area (TPSA) is 29.1 Å². The van der Waals surface area contributed by atoms with E-state index in [1.54, 1.807) is 6.92 Å². The zero-order valence-electron chi connectivity index (χ0n) is 10.4. The average Bonchev–Trinajstić information content (AvgIpc) is 2.28. The summed E-state index contributed by atoms with van der Waals surface area (Å²) in [6.07, 6.45) is 2.02. The van der Waals surface area contributed by atoms with Crippen LogP contribution < -0.4 is 5.32 Å². The largest absolute Gasteiger partial charge is 0.378 e. The quantitative estimate of drug-likeness (QED) is 0.841. The third kappa shape index (κ3) is 2.31. The van der Waals surface area contributed by atoms with Gasteiger partial charge < -0.3 is 5.32 Å². The van der Waals surface area contributed by atoms with E-state index in [4.69, 9.17) is 0 Å². The van der Waals surface area contributed by atoms with Crippen LogP contribution >= 0.6 is 0 Å². The SMILES string of the molecule is CC(=O)C1=C(C)C=C(C)NC1c1ccccc1. The van der Waals surface area contributed by atoms with Gasteiger partial charge in [-0.05, 0) is 38.0 Å². The maximum absolute atomic E-state index is 11.8. The van der Waals surface area contributed by atoms with Crippen LogP contribution in [0.15, 0.2) is 53.3 Å². The highest BCUT2D eigenvalue weighted by atomic mass is 16.1. The minimum Gasteiger partial charge on any atom is -0.378 e. The van der Waals surface area contributed by atoms with E-state index in [9.17, 15) is 4.79 Å². The highest BCUT2D eigenvalue weighted by Gasteiger charge is 2.24. The maximum atomic E-state index is 11.8. The van der Waals surface area contributed by atoms with E-state index >= 15 is 0 Å². The van der Waals surface area contributed by atoms with Gasteiger partial charge in [0.05, 0.1) is 6.04 Å². The Morgan fingerprint density at radius 1 is 1.18 bits per heavy atom. The van der Waals surface area contributed by atoms with Gasteiger partial charge in [-0.25, -0.2) is 0 Å². The van der Waals surface area contributed by atoms with E-state index in [0.717, 1.165) is 22.4 Å². The van der Waals surface area contributed by atoms with Gasteiger partial charge in [0.2, 0.25) is 0 Å². The fraction of sp³-hybridized carbons (Fsp3) is 0.267. The molecular weight excluding hydrogens is 210 g/mol. The van der Waals surface area contributed by atoms with Gasteiger partial charge in [-0.3, -0.25) is 4.79 Å². The van der Waals surface area contributed by atoms with E-state index in [1.165, 1.54) is 0 Å². The number of hydrogen-bond donors (Lipinski definition) is 1. The Bertz CT molecular complexity index is 497. The molecule has 0 radical (unpaired) electrons. The van der Waals surface area contributed by atoms with Crippen LogP contribution in [0.4, 0.5) is 0 Å². The van der Waals surface area contributed by atoms with Crippen molar-refractivity contribution in [1.29, 1.82) is 0 Å². The van der Waals surface area contributed by atoms with Crippen molar-refractivity contribution in [3.8, 4) is 0 Å². The predicted octanol–water partition coefficient (Wildman–Crippen LogP) is 3.14. The van der Waals surface area contributed by atoms with Gasteiger partial charge in [0.15, 0.2) is 5.78 Å². The summed E-state index contributed by atoms with van der Waals surface area (Å²) in [6.45, 7) is 5.65. The number of Topliss-reactive ketones (excluding diaryl/α,β-unsaturated/α-hetero) is 1. The molecule has 2 nitrogen and oxygen atoms in total. The number of dihydropyridines is 1. The summed E-state index contributed by atoms with van der Waals surface area (Å²) in [7, 11) is 0. The summed E-state index contributed by atoms with van der Waals surface area (Å²) in [4.78, 5) is 11.8. The van der Waals surface area contributed by atoms with Crippen molar-refractivity contribution in [1.82, 2.24) is 5.32 Å². The van der Waals surface area contributed by atoms with E-state index < -0.39 is 0 Å². The second kappa shape index (κ2) is 4.58. The first-order valence-corrected chi connectivity index (χ1v) is 5.81. The van der Waals surface area contributed by atoms with Crippen molar-refractivity contribution < 1.29 is 4.79 Å². The Morgan fingerprint density at radius 2 is 1.82 bits per heavy atom. The fourth-order valence-electron chi connectivity index (χ4n) is 2.35. The zero-order valence-corrected chi connectivity index (χ0v) is 10.4. The van der Waals surface area contributed by atoms with Crippen LogP contribution in [0.5, 0.6) is 0 Å². The molecule has 0 amide bonds. The molecule has 2 rings (SSSR count). The second-order valence-electron chi connectivity index (χ2n) is 4.47. The van der Waals surface area contributed by atoms with Gasteiger partial charge in [-0.1, -0.05) is 30.3 Å². The van der Waals surface area contributed by atoms with E-state index in [0.29, 0.717) is 0 Å². The molecule has 1 N–H and O–H groups in total. The molecular formula is C15H17NO. The molecule has 2 heteroatoms. The lowest BCUT2D eigenvalue weighted by molar-refractivity contribution is -0.114. The summed E-state index contributed by atoms with van der Waals surface area (Å²) in [5.74, 6) is 0.132. The summed E-state index contributed by atoms with van der Waals surface area (Å²) < 4.78 is 0. The Kier molecular flexibility index (Phi) is 3.14. The lowest BCUT2D eigenvalue weighted by Crippen LogP contribution is -2.28. The van der Waals surface area contributed by atoms with E-state index in [2.05, 4.69) is 5.32 Å². The summed E-state index contributed by atoms with van der Waals surface area (Å²) in [5, 5.41) is 3.38. The van der Waals surface area contributed by atoms with Gasteiger partial charge in [-0.15, -0.1) is 0 Å². The number of hydrogen-bond acceptors (Lipinski definition) is 2. The third-order valence-corrected chi connectivity index (χ3v) is 3.03. The minimum atomic E-state index is -0.0151. The van der Waals surface area contributed by atoms with Gasteiger partial charge in [0.25, 0.3) is 0 Å². The highest BCUT2D eigenvalue weighted by molar-refractivity contribution is 5.96. The smallest absolute Gasteiger partial charge is 0.158 e. The number of nitrogens with one attached hydrogen (secondary N) is 1. The number of benzene rings is 1. The molecule has 88 valence electrons. The van der Waals surface area contributed by atoms with E-state index in [-0.39, 0.29) is 11.8 Å². The molecule has 0 saturated heterocycles. The fourth-order valence-corrected chi connectivity index (χ4v) is 2.35. The number of carbonyl (C=O) groups excluding carboxylic acids is 1. The standard InChI is InChI=1S/C15H17NO/c1-10-9-11(2)16-15(14(10)12(3)17)13-7-5-4-6-8-13/h4-9,15-16H,1-3H3. The maximum Gasteiger partial charge on any atom is 0.158 e. The molecule has 1 aromatic rings. The number of rotatable bonds is 2. The predicted molar refractivity (Wildman–Crippen MR) is 69.5 cm³/mol. The second-order valence-corrected chi connectivity index (χ2v) is 4.47. The molecule has 1 aliphatic heterocycles. The molecule has 0 aliphatic carbocycles. The summed E-state index contributed by atoms with van der Waals surface area (Å²) in [6, 6.07) is 10.1. The monoisotopic (exact) mass is 227 g/mol. The third-order valence-electron chi connectivity index (χ3n) is 3.03. The van der Waals surface area contributed by atoms with Gasteiger partial charge in [0, 0.05) is 11.3 Å². The molecule has 0 fully saturated rings. The molecule has 1 aliphatic rings. The van der Waals surface area contributed by atoms with Crippen LogP contribution in [0.2, 0.25) is 0 Å². The van der Waals surface area contributed by atoms with Crippen molar-refractivity contribution in [3.63, 3.8) is 0 Å². The number of carbonyl (C=O) groups is 1. The van der Waals surface area contributed by atoms with Crippen molar-refractivity contribution in [2.45, 2.75) is 26.8 Å². The van der Waals surface area contributed by atoms with Crippen LogP contribution in [0, 0.1) is 0 Å². The van der Waals surface area contributed by atoms with Gasteiger partial charge in [0.1, 0.15) is 0 Å². The summed E-state index contributed by atoms with van der Waals surface area (Å²) in [5.41, 5.74) is 4.15. The van der Waals surface area contributed by atoms with Gasteiger partial charge in [-0.2, -0.15) is 0 Å². The van der Waals surface area contributed by atoms with Crippen molar-refractivity contribution in [3.05, 3.63) is 58.8 Å². The summed E-state index contributed by atoms with van der Waals surface area (Å²) >= 11 is 0. The molecule has 0 saturated carbocycles. The van der Waals surface area contributed by atoms with Crippen LogP contribution in [0.25, 0.3) is 0 Å². The number of ketones is 1. The van der Waals surface area contributed by atoms with Crippen molar-refractivity contribution in [2.24, 2.45) is 0 Å².